The molecule has 0 aliphatic carbocycles. The van der Waals surface area contributed by atoms with E-state index in [2.05, 4.69) is 0 Å². The second-order valence-corrected chi connectivity index (χ2v) is 5.72. The minimum absolute atomic E-state index is 0.0984. The van der Waals surface area contributed by atoms with Crippen molar-refractivity contribution in [3.05, 3.63) is 47.2 Å². The van der Waals surface area contributed by atoms with E-state index in [-0.39, 0.29) is 23.0 Å². The van der Waals surface area contributed by atoms with Crippen LogP contribution in [0.4, 0.5) is 0 Å². The molecule has 1 aliphatic rings. The lowest BCUT2D eigenvalue weighted by molar-refractivity contribution is -0.307. The maximum absolute atomic E-state index is 12.6. The fraction of sp³-hybridized carbons (Fsp3) is 0.200. The van der Waals surface area contributed by atoms with Crippen LogP contribution < -0.4 is 28.8 Å². The van der Waals surface area contributed by atoms with E-state index < -0.39 is 12.6 Å². The summed E-state index contributed by atoms with van der Waals surface area (Å²) in [5.74, 6) is 0.286. The van der Waals surface area contributed by atoms with Gasteiger partial charge in [0.2, 0.25) is 11.5 Å². The predicted molar refractivity (Wildman–Crippen MR) is 96.0 cm³/mol. The fourth-order valence-electron chi connectivity index (χ4n) is 2.74. The number of allylic oxidation sites excluding steroid dienone is 1. The highest BCUT2D eigenvalue weighted by atomic mass is 16.5. The van der Waals surface area contributed by atoms with Gasteiger partial charge in [0.1, 0.15) is 18.1 Å². The largest absolute Gasteiger partial charge is 0.546 e. The lowest BCUT2D eigenvalue weighted by atomic mass is 10.1. The van der Waals surface area contributed by atoms with E-state index in [0.29, 0.717) is 28.4 Å². The second-order valence-electron chi connectivity index (χ2n) is 5.72. The molecule has 2 aromatic rings. The molecule has 0 saturated heterocycles. The SMILES string of the molecule is COc1cc(/C=C2/Oc3cc(OCC(=O)[O-])ccc3C2=O)cc(OC)c1OC. The predicted octanol–water partition coefficient (Wildman–Crippen LogP) is 1.46. The molecule has 0 radical (unpaired) electrons. The molecule has 0 N–H and O–H groups in total. The van der Waals surface area contributed by atoms with E-state index in [1.807, 2.05) is 0 Å². The van der Waals surface area contributed by atoms with Crippen LogP contribution in [0.15, 0.2) is 36.1 Å². The normalized spacial score (nSPS) is 13.7. The zero-order chi connectivity index (χ0) is 20.3. The first-order valence-electron chi connectivity index (χ1n) is 8.17. The third-order valence-corrected chi connectivity index (χ3v) is 3.98. The molecular formula is C20H17O8-. The number of hydrogen-bond acceptors (Lipinski definition) is 8. The zero-order valence-electron chi connectivity index (χ0n) is 15.4. The Hall–Kier alpha value is -3.68. The minimum Gasteiger partial charge on any atom is -0.546 e. The summed E-state index contributed by atoms with van der Waals surface area (Å²) in [5, 5.41) is 10.5. The number of benzene rings is 2. The number of fused-ring (bicyclic) bond motifs is 1. The molecule has 28 heavy (non-hydrogen) atoms. The third-order valence-electron chi connectivity index (χ3n) is 3.98. The van der Waals surface area contributed by atoms with Crippen molar-refractivity contribution in [1.82, 2.24) is 0 Å². The van der Waals surface area contributed by atoms with Crippen LogP contribution in [-0.2, 0) is 4.79 Å². The monoisotopic (exact) mass is 385 g/mol. The Morgan fingerprint density at radius 3 is 2.32 bits per heavy atom. The highest BCUT2D eigenvalue weighted by Gasteiger charge is 2.28. The smallest absolute Gasteiger partial charge is 0.231 e. The van der Waals surface area contributed by atoms with Gasteiger partial charge in [-0.2, -0.15) is 0 Å². The number of carbonyl (C=O) groups excluding carboxylic acids is 2. The molecule has 0 bridgehead atoms. The first kappa shape index (κ1) is 19.1. The number of rotatable bonds is 7. The number of Topliss-reactive ketones (excluding diaryl/α,β-unsaturated/α-hetero) is 1. The topological polar surface area (TPSA) is 103 Å². The quantitative estimate of drug-likeness (QED) is 0.660. The Morgan fingerprint density at radius 1 is 1.07 bits per heavy atom. The van der Waals surface area contributed by atoms with Gasteiger partial charge < -0.3 is 33.6 Å². The highest BCUT2D eigenvalue weighted by Crippen LogP contribution is 2.40. The number of ether oxygens (including phenoxy) is 5. The van der Waals surface area contributed by atoms with Gasteiger partial charge in [-0.3, -0.25) is 4.79 Å². The molecule has 0 saturated carbocycles. The zero-order valence-corrected chi connectivity index (χ0v) is 15.4. The van der Waals surface area contributed by atoms with Crippen LogP contribution in [0.5, 0.6) is 28.7 Å². The van der Waals surface area contributed by atoms with E-state index in [4.69, 9.17) is 23.7 Å². The molecule has 8 heteroatoms. The van der Waals surface area contributed by atoms with Gasteiger partial charge in [-0.1, -0.05) is 0 Å². The van der Waals surface area contributed by atoms with Gasteiger partial charge in [0, 0.05) is 6.07 Å². The molecule has 0 fully saturated rings. The summed E-state index contributed by atoms with van der Waals surface area (Å²) in [7, 11) is 4.49. The molecule has 1 heterocycles. The average Bonchev–Trinajstić information content (AvgIpc) is 3.00. The van der Waals surface area contributed by atoms with Crippen LogP contribution in [0.3, 0.4) is 0 Å². The van der Waals surface area contributed by atoms with E-state index in [0.717, 1.165) is 0 Å². The molecule has 0 aromatic heterocycles. The van der Waals surface area contributed by atoms with Gasteiger partial charge in [0.05, 0.1) is 32.9 Å². The lowest BCUT2D eigenvalue weighted by Gasteiger charge is -2.13. The van der Waals surface area contributed by atoms with Gasteiger partial charge in [0.25, 0.3) is 0 Å². The van der Waals surface area contributed by atoms with E-state index in [1.54, 1.807) is 18.2 Å². The summed E-state index contributed by atoms with van der Waals surface area (Å²) in [5.41, 5.74) is 0.957. The summed E-state index contributed by atoms with van der Waals surface area (Å²) in [6.07, 6.45) is 1.55. The Labute approximate surface area is 160 Å². The molecule has 8 nitrogen and oxygen atoms in total. The number of carboxylic acids is 1. The van der Waals surface area contributed by atoms with Crippen molar-refractivity contribution in [2.75, 3.05) is 27.9 Å². The number of aliphatic carboxylic acids is 1. The summed E-state index contributed by atoms with van der Waals surface area (Å²) < 4.78 is 26.6. The fourth-order valence-corrected chi connectivity index (χ4v) is 2.74. The summed E-state index contributed by atoms with van der Waals surface area (Å²) >= 11 is 0. The van der Waals surface area contributed by atoms with Gasteiger partial charge in [-0.05, 0) is 35.9 Å². The van der Waals surface area contributed by atoms with Crippen LogP contribution in [0, 0.1) is 0 Å². The van der Waals surface area contributed by atoms with E-state index in [9.17, 15) is 14.7 Å². The maximum Gasteiger partial charge on any atom is 0.231 e. The van der Waals surface area contributed by atoms with Crippen LogP contribution in [-0.4, -0.2) is 39.7 Å². The van der Waals surface area contributed by atoms with Crippen molar-refractivity contribution < 1.29 is 38.4 Å². The van der Waals surface area contributed by atoms with Gasteiger partial charge in [0.15, 0.2) is 17.3 Å². The molecule has 2 aromatic carbocycles. The van der Waals surface area contributed by atoms with Crippen molar-refractivity contribution >= 4 is 17.8 Å². The number of carbonyl (C=O) groups is 2. The molecular weight excluding hydrogens is 368 g/mol. The Bertz CT molecular complexity index is 936. The molecule has 0 spiro atoms. The van der Waals surface area contributed by atoms with Gasteiger partial charge in [-0.15, -0.1) is 0 Å². The van der Waals surface area contributed by atoms with Crippen LogP contribution in [0.1, 0.15) is 15.9 Å². The Kier molecular flexibility index (Phi) is 5.39. The van der Waals surface area contributed by atoms with Crippen molar-refractivity contribution in [2.24, 2.45) is 0 Å². The van der Waals surface area contributed by atoms with Crippen molar-refractivity contribution in [1.29, 1.82) is 0 Å². The number of carboxylic acid groups (broad SMARTS) is 1. The second kappa shape index (κ2) is 7.91. The first-order chi connectivity index (χ1) is 13.5. The summed E-state index contributed by atoms with van der Waals surface area (Å²) in [4.78, 5) is 23.1. The third kappa shape index (κ3) is 3.71. The Morgan fingerprint density at radius 2 is 1.75 bits per heavy atom. The molecule has 0 atom stereocenters. The van der Waals surface area contributed by atoms with Crippen LogP contribution in [0.2, 0.25) is 0 Å². The molecule has 146 valence electrons. The van der Waals surface area contributed by atoms with Crippen molar-refractivity contribution in [2.45, 2.75) is 0 Å². The van der Waals surface area contributed by atoms with Gasteiger partial charge >= 0.3 is 0 Å². The number of ketones is 1. The average molecular weight is 385 g/mol. The molecule has 0 amide bonds. The highest BCUT2D eigenvalue weighted by molar-refractivity contribution is 6.14. The number of hydrogen-bond donors (Lipinski definition) is 0. The van der Waals surface area contributed by atoms with Crippen LogP contribution >= 0.6 is 0 Å². The maximum atomic E-state index is 12.6. The van der Waals surface area contributed by atoms with E-state index >= 15 is 0 Å². The van der Waals surface area contributed by atoms with Crippen LogP contribution in [0.25, 0.3) is 6.08 Å². The van der Waals surface area contributed by atoms with E-state index in [1.165, 1.54) is 39.5 Å². The number of methoxy groups -OCH3 is 3. The standard InChI is InChI=1S/C20H18O8/c1-24-16-7-11(8-17(25-2)20(16)26-3)6-15-19(23)13-5-4-12(9-14(13)28-15)27-10-18(21)22/h4-9H,10H2,1-3H3,(H,21,22)/p-1/b15-6+. The van der Waals surface area contributed by atoms with Crippen molar-refractivity contribution in [3.63, 3.8) is 0 Å². The summed E-state index contributed by atoms with van der Waals surface area (Å²) in [6.45, 7) is -0.596. The van der Waals surface area contributed by atoms with Crippen molar-refractivity contribution in [3.8, 4) is 28.7 Å². The summed E-state index contributed by atoms with van der Waals surface area (Å²) in [6, 6.07) is 7.82. The molecule has 1 aliphatic heterocycles. The lowest BCUT2D eigenvalue weighted by Crippen LogP contribution is -2.28. The minimum atomic E-state index is -1.35. The Balaban J connectivity index is 1.91. The molecule has 3 rings (SSSR count). The molecule has 0 unspecified atom stereocenters. The van der Waals surface area contributed by atoms with Gasteiger partial charge in [-0.25, -0.2) is 0 Å². The first-order valence-corrected chi connectivity index (χ1v) is 8.17.